The number of sulfonamides is 1. The predicted octanol–water partition coefficient (Wildman–Crippen LogP) is 1.11. The fraction of sp³-hybridized carbons (Fsp3) is 0.800. The standard InChI is InChI=1S/C15H24N4O4S/c1-24(21,22)19-11-5-6-12(19)15-16-13(23-17-15)7-8-14(20)18-9-3-2-4-10-18/h12H,2-11H2,1H3. The summed E-state index contributed by atoms with van der Waals surface area (Å²) >= 11 is 0. The van der Waals surface area contributed by atoms with Crippen molar-refractivity contribution in [1.29, 1.82) is 0 Å². The molecule has 0 bridgehead atoms. The Morgan fingerprint density at radius 1 is 1.21 bits per heavy atom. The Bertz CT molecular complexity index is 681. The van der Waals surface area contributed by atoms with Crippen molar-refractivity contribution in [2.75, 3.05) is 25.9 Å². The number of carbonyl (C=O) groups excluding carboxylic acids is 1. The molecule has 0 saturated carbocycles. The van der Waals surface area contributed by atoms with Crippen LogP contribution in [0, 0.1) is 0 Å². The van der Waals surface area contributed by atoms with Gasteiger partial charge in [0.15, 0.2) is 5.82 Å². The largest absolute Gasteiger partial charge is 0.343 e. The van der Waals surface area contributed by atoms with Gasteiger partial charge in [-0.3, -0.25) is 4.79 Å². The first-order valence-electron chi connectivity index (χ1n) is 8.52. The number of piperidine rings is 1. The molecule has 3 rings (SSSR count). The van der Waals surface area contributed by atoms with Crippen molar-refractivity contribution >= 4 is 15.9 Å². The lowest BCUT2D eigenvalue weighted by molar-refractivity contribution is -0.132. The van der Waals surface area contributed by atoms with Crippen LogP contribution in [0.3, 0.4) is 0 Å². The molecule has 1 atom stereocenters. The molecule has 0 spiro atoms. The molecule has 0 aromatic carbocycles. The Morgan fingerprint density at radius 3 is 2.67 bits per heavy atom. The van der Waals surface area contributed by atoms with E-state index in [2.05, 4.69) is 10.1 Å². The van der Waals surface area contributed by atoms with E-state index in [1.165, 1.54) is 17.0 Å². The van der Waals surface area contributed by atoms with Gasteiger partial charge in [0.2, 0.25) is 21.8 Å². The van der Waals surface area contributed by atoms with Crippen LogP contribution in [0.1, 0.15) is 56.3 Å². The number of likely N-dealkylation sites (tertiary alicyclic amines) is 1. The molecule has 1 aromatic rings. The first kappa shape index (κ1) is 17.3. The van der Waals surface area contributed by atoms with E-state index in [0.29, 0.717) is 37.5 Å². The molecule has 1 unspecified atom stereocenters. The Kier molecular flexibility index (Phi) is 5.19. The number of aryl methyl sites for hydroxylation is 1. The Labute approximate surface area is 142 Å². The Balaban J connectivity index is 1.58. The van der Waals surface area contributed by atoms with Crippen LogP contribution in [0.25, 0.3) is 0 Å². The van der Waals surface area contributed by atoms with Gasteiger partial charge in [0, 0.05) is 32.5 Å². The SMILES string of the molecule is CS(=O)(=O)N1CCCC1c1noc(CCC(=O)N2CCCCC2)n1. The van der Waals surface area contributed by atoms with Gasteiger partial charge >= 0.3 is 0 Å². The second-order valence-electron chi connectivity index (χ2n) is 6.52. The highest BCUT2D eigenvalue weighted by Crippen LogP contribution is 2.32. The topological polar surface area (TPSA) is 96.6 Å². The van der Waals surface area contributed by atoms with Crippen LogP contribution in [0.5, 0.6) is 0 Å². The number of hydrogen-bond donors (Lipinski definition) is 0. The third-order valence-corrected chi connectivity index (χ3v) is 5.96. The first-order valence-corrected chi connectivity index (χ1v) is 10.4. The van der Waals surface area contributed by atoms with Gasteiger partial charge in [-0.05, 0) is 32.1 Å². The van der Waals surface area contributed by atoms with E-state index in [1.807, 2.05) is 4.90 Å². The molecule has 8 nitrogen and oxygen atoms in total. The van der Waals surface area contributed by atoms with Crippen molar-refractivity contribution in [3.63, 3.8) is 0 Å². The van der Waals surface area contributed by atoms with Gasteiger partial charge < -0.3 is 9.42 Å². The van der Waals surface area contributed by atoms with Gasteiger partial charge in [0.05, 0.1) is 12.3 Å². The number of amides is 1. The summed E-state index contributed by atoms with van der Waals surface area (Å²) in [4.78, 5) is 18.4. The number of carbonyl (C=O) groups is 1. The maximum atomic E-state index is 12.2. The van der Waals surface area contributed by atoms with Crippen molar-refractivity contribution in [1.82, 2.24) is 19.3 Å². The molecule has 9 heteroatoms. The van der Waals surface area contributed by atoms with Gasteiger partial charge in [-0.2, -0.15) is 9.29 Å². The van der Waals surface area contributed by atoms with Crippen molar-refractivity contribution in [2.45, 2.75) is 51.0 Å². The van der Waals surface area contributed by atoms with Crippen molar-refractivity contribution < 1.29 is 17.7 Å². The van der Waals surface area contributed by atoms with E-state index >= 15 is 0 Å². The molecule has 3 heterocycles. The zero-order valence-corrected chi connectivity index (χ0v) is 14.8. The van der Waals surface area contributed by atoms with Crippen molar-refractivity contribution in [2.24, 2.45) is 0 Å². The van der Waals surface area contributed by atoms with Crippen LogP contribution in [-0.2, 0) is 21.2 Å². The summed E-state index contributed by atoms with van der Waals surface area (Å²) in [5, 5.41) is 3.94. The number of nitrogens with zero attached hydrogens (tertiary/aromatic N) is 4. The minimum Gasteiger partial charge on any atom is -0.343 e. The highest BCUT2D eigenvalue weighted by molar-refractivity contribution is 7.88. The van der Waals surface area contributed by atoms with E-state index in [4.69, 9.17) is 4.52 Å². The van der Waals surface area contributed by atoms with Crippen LogP contribution < -0.4 is 0 Å². The lowest BCUT2D eigenvalue weighted by Crippen LogP contribution is -2.35. The van der Waals surface area contributed by atoms with Gasteiger partial charge in [-0.15, -0.1) is 0 Å². The average molecular weight is 356 g/mol. The minimum absolute atomic E-state index is 0.119. The van der Waals surface area contributed by atoms with Gasteiger partial charge in [-0.1, -0.05) is 5.16 Å². The monoisotopic (exact) mass is 356 g/mol. The molecule has 0 N–H and O–H groups in total. The van der Waals surface area contributed by atoms with Gasteiger partial charge in [0.1, 0.15) is 0 Å². The van der Waals surface area contributed by atoms with E-state index in [9.17, 15) is 13.2 Å². The maximum absolute atomic E-state index is 12.2. The second kappa shape index (κ2) is 7.18. The quantitative estimate of drug-likeness (QED) is 0.784. The molecule has 2 aliphatic heterocycles. The summed E-state index contributed by atoms with van der Waals surface area (Å²) in [5.74, 6) is 0.919. The van der Waals surface area contributed by atoms with Gasteiger partial charge in [0.25, 0.3) is 0 Å². The summed E-state index contributed by atoms with van der Waals surface area (Å²) in [6.07, 6.45) is 6.75. The predicted molar refractivity (Wildman–Crippen MR) is 86.6 cm³/mol. The van der Waals surface area contributed by atoms with Crippen molar-refractivity contribution in [3.8, 4) is 0 Å². The van der Waals surface area contributed by atoms with E-state index < -0.39 is 10.0 Å². The Morgan fingerprint density at radius 2 is 1.96 bits per heavy atom. The molecule has 1 amide bonds. The molecule has 2 aliphatic rings. The first-order chi connectivity index (χ1) is 11.4. The van der Waals surface area contributed by atoms with Crippen LogP contribution >= 0.6 is 0 Å². The molecule has 0 aliphatic carbocycles. The van der Waals surface area contributed by atoms with Crippen LogP contribution in [-0.4, -0.2) is 59.6 Å². The minimum atomic E-state index is -3.28. The fourth-order valence-electron chi connectivity index (χ4n) is 3.42. The molecule has 24 heavy (non-hydrogen) atoms. The zero-order chi connectivity index (χ0) is 17.2. The summed E-state index contributed by atoms with van der Waals surface area (Å²) in [6.45, 7) is 2.15. The highest BCUT2D eigenvalue weighted by atomic mass is 32.2. The number of rotatable bonds is 5. The summed E-state index contributed by atoms with van der Waals surface area (Å²) < 4.78 is 30.2. The normalized spacial score (nSPS) is 22.9. The van der Waals surface area contributed by atoms with Crippen LogP contribution in [0.4, 0.5) is 0 Å². The van der Waals surface area contributed by atoms with E-state index in [0.717, 1.165) is 32.4 Å². The molecule has 2 fully saturated rings. The van der Waals surface area contributed by atoms with Crippen LogP contribution in [0.15, 0.2) is 4.52 Å². The molecule has 0 radical (unpaired) electrons. The molecule has 2 saturated heterocycles. The van der Waals surface area contributed by atoms with Gasteiger partial charge in [-0.25, -0.2) is 8.42 Å². The second-order valence-corrected chi connectivity index (χ2v) is 8.45. The smallest absolute Gasteiger partial charge is 0.227 e. The van der Waals surface area contributed by atoms with E-state index in [-0.39, 0.29) is 11.9 Å². The van der Waals surface area contributed by atoms with Crippen molar-refractivity contribution in [3.05, 3.63) is 11.7 Å². The molecular formula is C15H24N4O4S. The maximum Gasteiger partial charge on any atom is 0.227 e. The number of hydrogen-bond acceptors (Lipinski definition) is 6. The molecular weight excluding hydrogens is 332 g/mol. The molecule has 1 aromatic heterocycles. The lowest BCUT2D eigenvalue weighted by Gasteiger charge is -2.26. The summed E-state index contributed by atoms with van der Waals surface area (Å²) in [7, 11) is -3.28. The van der Waals surface area contributed by atoms with E-state index in [1.54, 1.807) is 0 Å². The summed E-state index contributed by atoms with van der Waals surface area (Å²) in [5.41, 5.74) is 0. The third kappa shape index (κ3) is 3.94. The third-order valence-electron chi connectivity index (χ3n) is 4.67. The highest BCUT2D eigenvalue weighted by Gasteiger charge is 2.35. The Hall–Kier alpha value is -1.48. The fourth-order valence-corrected chi connectivity index (χ4v) is 4.54. The van der Waals surface area contributed by atoms with Crippen LogP contribution in [0.2, 0.25) is 0 Å². The lowest BCUT2D eigenvalue weighted by atomic mass is 10.1. The average Bonchev–Trinajstić information content (AvgIpc) is 3.21. The zero-order valence-electron chi connectivity index (χ0n) is 14.0. The summed E-state index contributed by atoms with van der Waals surface area (Å²) in [6, 6.07) is -0.352. The molecule has 134 valence electrons. The number of aromatic nitrogens is 2.